The van der Waals surface area contributed by atoms with E-state index in [9.17, 15) is 4.79 Å². The Morgan fingerprint density at radius 2 is 1.85 bits per heavy atom. The van der Waals surface area contributed by atoms with E-state index in [2.05, 4.69) is 12.2 Å². The number of nitrogens with one attached hydrogen (secondary N) is 1. The number of rotatable bonds is 5. The van der Waals surface area contributed by atoms with Gasteiger partial charge in [0.2, 0.25) is 0 Å². The predicted molar refractivity (Wildman–Crippen MR) is 80.8 cm³/mol. The van der Waals surface area contributed by atoms with Crippen LogP contribution in [0.4, 0.5) is 4.79 Å². The lowest BCUT2D eigenvalue weighted by molar-refractivity contribution is 0.0274. The minimum Gasteiger partial charge on any atom is -0.378 e. The third-order valence-electron chi connectivity index (χ3n) is 4.57. The van der Waals surface area contributed by atoms with Crippen molar-refractivity contribution in [2.45, 2.75) is 64.4 Å². The first kappa shape index (κ1) is 15.6. The molecule has 2 amide bonds. The topological polar surface area (TPSA) is 41.6 Å². The molecule has 0 aromatic heterocycles. The molecule has 2 aliphatic rings. The lowest BCUT2D eigenvalue weighted by Gasteiger charge is -2.30. The van der Waals surface area contributed by atoms with Crippen molar-refractivity contribution in [1.29, 1.82) is 0 Å². The Balaban J connectivity index is 1.49. The van der Waals surface area contributed by atoms with Gasteiger partial charge in [-0.15, -0.1) is 0 Å². The van der Waals surface area contributed by atoms with Crippen molar-refractivity contribution in [3.8, 4) is 0 Å². The highest BCUT2D eigenvalue weighted by atomic mass is 16.5. The number of piperidine rings is 1. The molecular formula is C16H30N2O2. The molecular weight excluding hydrogens is 252 g/mol. The maximum atomic E-state index is 11.9. The molecule has 2 rings (SSSR count). The van der Waals surface area contributed by atoms with Crippen molar-refractivity contribution < 1.29 is 9.53 Å². The van der Waals surface area contributed by atoms with Crippen molar-refractivity contribution in [1.82, 2.24) is 10.2 Å². The highest BCUT2D eigenvalue weighted by Crippen LogP contribution is 2.20. The molecule has 20 heavy (non-hydrogen) atoms. The molecule has 116 valence electrons. The third kappa shape index (κ3) is 5.31. The van der Waals surface area contributed by atoms with E-state index in [0.717, 1.165) is 51.4 Å². The van der Waals surface area contributed by atoms with E-state index in [1.807, 2.05) is 4.90 Å². The lowest BCUT2D eigenvalue weighted by atomic mass is 9.98. The van der Waals surface area contributed by atoms with Crippen LogP contribution >= 0.6 is 0 Å². The minimum atomic E-state index is 0.106. The maximum Gasteiger partial charge on any atom is 0.317 e. The van der Waals surface area contributed by atoms with Crippen LogP contribution in [0.1, 0.15) is 58.3 Å². The minimum absolute atomic E-state index is 0.106. The lowest BCUT2D eigenvalue weighted by Crippen LogP contribution is -2.44. The average Bonchev–Trinajstić information content (AvgIpc) is 2.48. The number of hydrogen-bond donors (Lipinski definition) is 1. The van der Waals surface area contributed by atoms with Crippen molar-refractivity contribution in [2.75, 3.05) is 26.2 Å². The van der Waals surface area contributed by atoms with Crippen LogP contribution in [0.25, 0.3) is 0 Å². The van der Waals surface area contributed by atoms with Gasteiger partial charge < -0.3 is 15.0 Å². The molecule has 4 heteroatoms. The fourth-order valence-electron chi connectivity index (χ4n) is 3.07. The average molecular weight is 282 g/mol. The van der Waals surface area contributed by atoms with E-state index in [1.165, 1.54) is 32.1 Å². The molecule has 0 bridgehead atoms. The smallest absolute Gasteiger partial charge is 0.317 e. The van der Waals surface area contributed by atoms with Crippen molar-refractivity contribution in [3.63, 3.8) is 0 Å². The molecule has 1 aliphatic heterocycles. The van der Waals surface area contributed by atoms with Crippen LogP contribution in [-0.4, -0.2) is 43.3 Å². The van der Waals surface area contributed by atoms with E-state index in [1.54, 1.807) is 0 Å². The largest absolute Gasteiger partial charge is 0.378 e. The van der Waals surface area contributed by atoms with Crippen molar-refractivity contribution in [3.05, 3.63) is 0 Å². The summed E-state index contributed by atoms with van der Waals surface area (Å²) >= 11 is 0. The predicted octanol–water partition coefficient (Wildman–Crippen LogP) is 3.17. The van der Waals surface area contributed by atoms with E-state index >= 15 is 0 Å². The van der Waals surface area contributed by atoms with Gasteiger partial charge in [0.15, 0.2) is 0 Å². The van der Waals surface area contributed by atoms with Gasteiger partial charge in [-0.3, -0.25) is 0 Å². The van der Waals surface area contributed by atoms with Crippen molar-refractivity contribution in [2.24, 2.45) is 5.92 Å². The molecule has 1 N–H and O–H groups in total. The van der Waals surface area contributed by atoms with Gasteiger partial charge in [-0.1, -0.05) is 26.2 Å². The number of carbonyl (C=O) groups excluding carboxylic acids is 1. The number of urea groups is 1. The summed E-state index contributed by atoms with van der Waals surface area (Å²) in [5, 5.41) is 3.01. The third-order valence-corrected chi connectivity index (χ3v) is 4.57. The Morgan fingerprint density at radius 3 is 2.55 bits per heavy atom. The van der Waals surface area contributed by atoms with E-state index < -0.39 is 0 Å². The van der Waals surface area contributed by atoms with Gasteiger partial charge in [-0.05, 0) is 38.0 Å². The standard InChI is InChI=1S/C16H30N2O2/c1-14-8-11-18(12-9-14)16(19)17-10-5-13-20-15-6-3-2-4-7-15/h14-15H,2-13H2,1H3,(H,17,19). The molecule has 2 fully saturated rings. The fourth-order valence-corrected chi connectivity index (χ4v) is 3.07. The van der Waals surface area contributed by atoms with Crippen LogP contribution in [0, 0.1) is 5.92 Å². The van der Waals surface area contributed by atoms with Gasteiger partial charge in [0.1, 0.15) is 0 Å². The van der Waals surface area contributed by atoms with Crippen molar-refractivity contribution >= 4 is 6.03 Å². The molecule has 0 unspecified atom stereocenters. The number of hydrogen-bond acceptors (Lipinski definition) is 2. The monoisotopic (exact) mass is 282 g/mol. The Morgan fingerprint density at radius 1 is 1.15 bits per heavy atom. The molecule has 4 nitrogen and oxygen atoms in total. The molecule has 0 radical (unpaired) electrons. The summed E-state index contributed by atoms with van der Waals surface area (Å²) in [4.78, 5) is 13.9. The number of likely N-dealkylation sites (tertiary alicyclic amines) is 1. The first-order chi connectivity index (χ1) is 9.75. The Bertz CT molecular complexity index is 282. The molecule has 0 aromatic carbocycles. The van der Waals surface area contributed by atoms with E-state index in [0.29, 0.717) is 6.10 Å². The SMILES string of the molecule is CC1CCN(C(=O)NCCCOC2CCCCC2)CC1. The number of ether oxygens (including phenoxy) is 1. The fraction of sp³-hybridized carbons (Fsp3) is 0.938. The Labute approximate surface area is 123 Å². The summed E-state index contributed by atoms with van der Waals surface area (Å²) in [5.41, 5.74) is 0. The molecule has 1 aliphatic carbocycles. The number of amides is 2. The highest BCUT2D eigenvalue weighted by Gasteiger charge is 2.19. The van der Waals surface area contributed by atoms with Gasteiger partial charge in [0, 0.05) is 26.2 Å². The van der Waals surface area contributed by atoms with Gasteiger partial charge in [0.25, 0.3) is 0 Å². The summed E-state index contributed by atoms with van der Waals surface area (Å²) < 4.78 is 5.86. The molecule has 1 heterocycles. The van der Waals surface area contributed by atoms with Crippen LogP contribution in [0.15, 0.2) is 0 Å². The zero-order chi connectivity index (χ0) is 14.2. The van der Waals surface area contributed by atoms with Crippen LogP contribution in [0.2, 0.25) is 0 Å². The first-order valence-corrected chi connectivity index (χ1v) is 8.40. The summed E-state index contributed by atoms with van der Waals surface area (Å²) in [5.74, 6) is 0.767. The van der Waals surface area contributed by atoms with Gasteiger partial charge in [0.05, 0.1) is 6.10 Å². The van der Waals surface area contributed by atoms with Gasteiger partial charge in [-0.2, -0.15) is 0 Å². The summed E-state index contributed by atoms with van der Waals surface area (Å²) in [6.45, 7) is 5.59. The second-order valence-electron chi connectivity index (χ2n) is 6.39. The number of carbonyl (C=O) groups is 1. The quantitative estimate of drug-likeness (QED) is 0.787. The summed E-state index contributed by atoms with van der Waals surface area (Å²) in [6.07, 6.45) is 10.1. The van der Waals surface area contributed by atoms with Crippen LogP contribution in [-0.2, 0) is 4.74 Å². The van der Waals surface area contributed by atoms with Gasteiger partial charge in [-0.25, -0.2) is 4.79 Å². The number of nitrogens with zero attached hydrogens (tertiary/aromatic N) is 1. The second-order valence-corrected chi connectivity index (χ2v) is 6.39. The summed E-state index contributed by atoms with van der Waals surface area (Å²) in [6, 6.07) is 0.106. The molecule has 0 atom stereocenters. The summed E-state index contributed by atoms with van der Waals surface area (Å²) in [7, 11) is 0. The molecule has 1 saturated carbocycles. The molecule has 0 aromatic rings. The zero-order valence-corrected chi connectivity index (χ0v) is 12.9. The Kier molecular flexibility index (Phi) is 6.64. The second kappa shape index (κ2) is 8.50. The molecule has 0 spiro atoms. The van der Waals surface area contributed by atoms with E-state index in [-0.39, 0.29) is 6.03 Å². The van der Waals surface area contributed by atoms with E-state index in [4.69, 9.17) is 4.74 Å². The highest BCUT2D eigenvalue weighted by molar-refractivity contribution is 5.74. The maximum absolute atomic E-state index is 11.9. The van der Waals surface area contributed by atoms with Crippen LogP contribution in [0.3, 0.4) is 0 Å². The normalized spacial score (nSPS) is 21.9. The first-order valence-electron chi connectivity index (χ1n) is 8.40. The molecule has 1 saturated heterocycles. The van der Waals surface area contributed by atoms with Crippen LogP contribution in [0.5, 0.6) is 0 Å². The Hall–Kier alpha value is -0.770. The van der Waals surface area contributed by atoms with Crippen LogP contribution < -0.4 is 5.32 Å². The van der Waals surface area contributed by atoms with Gasteiger partial charge >= 0.3 is 6.03 Å². The zero-order valence-electron chi connectivity index (χ0n) is 12.9.